The minimum atomic E-state index is -0.923. The number of hydrogen-bond acceptors (Lipinski definition) is 5. The van der Waals surface area contributed by atoms with Crippen molar-refractivity contribution in [2.45, 2.75) is 18.9 Å². The number of benzene rings is 1. The first-order chi connectivity index (χ1) is 13.0. The van der Waals surface area contributed by atoms with E-state index in [1.165, 1.54) is 7.11 Å². The summed E-state index contributed by atoms with van der Waals surface area (Å²) in [6.45, 7) is 1.79. The second-order valence-corrected chi connectivity index (χ2v) is 6.27. The zero-order valence-electron chi connectivity index (χ0n) is 15.1. The van der Waals surface area contributed by atoms with E-state index in [1.54, 1.807) is 54.5 Å². The number of methoxy groups -OCH3 is 1. The molecule has 0 fully saturated rings. The summed E-state index contributed by atoms with van der Waals surface area (Å²) in [7, 11) is 1.32. The maximum absolute atomic E-state index is 12.8. The molecular weight excluding hydrogens is 344 g/mol. The van der Waals surface area contributed by atoms with Gasteiger partial charge in [0.1, 0.15) is 0 Å². The topological polar surface area (TPSA) is 86.1 Å². The molecule has 0 radical (unpaired) electrons. The van der Waals surface area contributed by atoms with E-state index in [1.807, 2.05) is 24.4 Å². The van der Waals surface area contributed by atoms with Gasteiger partial charge in [-0.1, -0.05) is 0 Å². The minimum absolute atomic E-state index is 0.00459. The summed E-state index contributed by atoms with van der Waals surface area (Å²) in [5, 5.41) is 7.12. The number of hydrogen-bond donors (Lipinski definition) is 1. The number of ether oxygens (including phenoxy) is 1. The molecule has 0 spiro atoms. The molecule has 0 unspecified atom stereocenters. The van der Waals surface area contributed by atoms with Gasteiger partial charge in [0, 0.05) is 30.4 Å². The lowest BCUT2D eigenvalue weighted by molar-refractivity contribution is -0.142. The largest absolute Gasteiger partial charge is 0.469 e. The third kappa shape index (κ3) is 4.20. The van der Waals surface area contributed by atoms with Crippen LogP contribution in [0.5, 0.6) is 0 Å². The molecular formula is C20H20N4O3. The fourth-order valence-corrected chi connectivity index (χ4v) is 2.81. The highest BCUT2D eigenvalue weighted by atomic mass is 16.5. The van der Waals surface area contributed by atoms with Crippen LogP contribution in [-0.2, 0) is 15.1 Å². The summed E-state index contributed by atoms with van der Waals surface area (Å²) < 4.78 is 6.50. The number of amides is 1. The Kier molecular flexibility index (Phi) is 5.30. The third-order valence-electron chi connectivity index (χ3n) is 4.33. The van der Waals surface area contributed by atoms with Crippen LogP contribution in [0.25, 0.3) is 5.69 Å². The van der Waals surface area contributed by atoms with E-state index in [2.05, 4.69) is 15.4 Å². The summed E-state index contributed by atoms with van der Waals surface area (Å²) >= 11 is 0. The van der Waals surface area contributed by atoms with Crippen LogP contribution in [0.2, 0.25) is 0 Å². The highest BCUT2D eigenvalue weighted by molar-refractivity contribution is 5.95. The molecule has 0 saturated carbocycles. The Bertz CT molecular complexity index is 908. The lowest BCUT2D eigenvalue weighted by Gasteiger charge is -2.30. The first-order valence-electron chi connectivity index (χ1n) is 8.42. The third-order valence-corrected chi connectivity index (χ3v) is 4.33. The van der Waals surface area contributed by atoms with Crippen molar-refractivity contribution < 1.29 is 14.3 Å². The van der Waals surface area contributed by atoms with Gasteiger partial charge in [-0.2, -0.15) is 5.10 Å². The van der Waals surface area contributed by atoms with E-state index in [0.717, 1.165) is 11.3 Å². The Labute approximate surface area is 157 Å². The molecule has 1 amide bonds. The maximum atomic E-state index is 12.8. The summed E-state index contributed by atoms with van der Waals surface area (Å²) in [6.07, 6.45) is 6.76. The molecule has 0 saturated heterocycles. The average Bonchev–Trinajstić information content (AvgIpc) is 3.23. The lowest BCUT2D eigenvalue weighted by Crippen LogP contribution is -2.45. The molecule has 1 atom stereocenters. The van der Waals surface area contributed by atoms with E-state index < -0.39 is 11.5 Å². The SMILES string of the molecule is COC(=O)C[C@@](C)(NC(=O)c1ccc(-n2cccn2)cc1)c1ccncc1. The smallest absolute Gasteiger partial charge is 0.308 e. The van der Waals surface area contributed by atoms with Gasteiger partial charge in [0.25, 0.3) is 5.91 Å². The predicted molar refractivity (Wildman–Crippen MR) is 99.3 cm³/mol. The van der Waals surface area contributed by atoms with Crippen molar-refractivity contribution >= 4 is 11.9 Å². The van der Waals surface area contributed by atoms with Crippen molar-refractivity contribution in [1.82, 2.24) is 20.1 Å². The lowest BCUT2D eigenvalue weighted by atomic mass is 9.88. The number of aromatic nitrogens is 3. The molecule has 138 valence electrons. The molecule has 2 heterocycles. The number of nitrogens with one attached hydrogen (secondary N) is 1. The first-order valence-corrected chi connectivity index (χ1v) is 8.42. The Morgan fingerprint density at radius 3 is 2.41 bits per heavy atom. The molecule has 0 aliphatic rings. The van der Waals surface area contributed by atoms with Crippen LogP contribution in [0.15, 0.2) is 67.3 Å². The zero-order chi connectivity index (χ0) is 19.3. The number of nitrogens with zero attached hydrogens (tertiary/aromatic N) is 3. The highest BCUT2D eigenvalue weighted by Crippen LogP contribution is 2.25. The summed E-state index contributed by atoms with van der Waals surface area (Å²) in [5.74, 6) is -0.700. The highest BCUT2D eigenvalue weighted by Gasteiger charge is 2.32. The van der Waals surface area contributed by atoms with Gasteiger partial charge in [-0.05, 0) is 55.0 Å². The molecule has 0 aliphatic carbocycles. The second-order valence-electron chi connectivity index (χ2n) is 6.27. The van der Waals surface area contributed by atoms with E-state index in [0.29, 0.717) is 5.56 Å². The van der Waals surface area contributed by atoms with Crippen molar-refractivity contribution in [1.29, 1.82) is 0 Å². The molecule has 0 bridgehead atoms. The molecule has 7 heteroatoms. The quantitative estimate of drug-likeness (QED) is 0.679. The monoisotopic (exact) mass is 364 g/mol. The molecule has 0 aliphatic heterocycles. The van der Waals surface area contributed by atoms with Gasteiger partial charge in [0.2, 0.25) is 0 Å². The average molecular weight is 364 g/mol. The summed E-state index contributed by atoms with van der Waals surface area (Å²) in [6, 6.07) is 12.4. The number of carbonyl (C=O) groups is 2. The molecule has 3 aromatic rings. The van der Waals surface area contributed by atoms with Crippen LogP contribution >= 0.6 is 0 Å². The van der Waals surface area contributed by atoms with Crippen molar-refractivity contribution in [3.05, 3.63) is 78.4 Å². The Morgan fingerprint density at radius 1 is 1.11 bits per heavy atom. The Hall–Kier alpha value is -3.48. The first kappa shape index (κ1) is 18.3. The van der Waals surface area contributed by atoms with Gasteiger partial charge >= 0.3 is 5.97 Å². The van der Waals surface area contributed by atoms with E-state index >= 15 is 0 Å². The standard InChI is InChI=1S/C20H20N4O3/c1-20(14-18(25)27-2,16-8-11-21-12-9-16)23-19(26)15-4-6-17(7-5-15)24-13-3-10-22-24/h3-13H,14H2,1-2H3,(H,23,26)/t20-/m1/s1. The fraction of sp³-hybridized carbons (Fsp3) is 0.200. The van der Waals surface area contributed by atoms with E-state index in [-0.39, 0.29) is 12.3 Å². The van der Waals surface area contributed by atoms with Crippen molar-refractivity contribution in [2.24, 2.45) is 0 Å². The van der Waals surface area contributed by atoms with E-state index in [9.17, 15) is 9.59 Å². The fourth-order valence-electron chi connectivity index (χ4n) is 2.81. The van der Waals surface area contributed by atoms with Gasteiger partial charge in [0.05, 0.1) is 24.8 Å². The molecule has 3 rings (SSSR count). The maximum Gasteiger partial charge on any atom is 0.308 e. The van der Waals surface area contributed by atoms with Crippen LogP contribution in [-0.4, -0.2) is 33.8 Å². The Balaban J connectivity index is 1.83. The molecule has 1 aromatic carbocycles. The van der Waals surface area contributed by atoms with Crippen molar-refractivity contribution in [3.63, 3.8) is 0 Å². The van der Waals surface area contributed by atoms with Crippen LogP contribution in [0.1, 0.15) is 29.3 Å². The molecule has 1 N–H and O–H groups in total. The number of rotatable bonds is 6. The van der Waals surface area contributed by atoms with Gasteiger partial charge in [0.15, 0.2) is 0 Å². The van der Waals surface area contributed by atoms with Gasteiger partial charge < -0.3 is 10.1 Å². The number of pyridine rings is 1. The minimum Gasteiger partial charge on any atom is -0.469 e. The van der Waals surface area contributed by atoms with Crippen LogP contribution in [0, 0.1) is 0 Å². The number of esters is 1. The van der Waals surface area contributed by atoms with Gasteiger partial charge in [-0.25, -0.2) is 4.68 Å². The molecule has 27 heavy (non-hydrogen) atoms. The predicted octanol–water partition coefficient (Wildman–Crippen LogP) is 2.48. The summed E-state index contributed by atoms with van der Waals surface area (Å²) in [4.78, 5) is 28.7. The van der Waals surface area contributed by atoms with Gasteiger partial charge in [-0.15, -0.1) is 0 Å². The van der Waals surface area contributed by atoms with Crippen molar-refractivity contribution in [3.8, 4) is 5.69 Å². The zero-order valence-corrected chi connectivity index (χ0v) is 15.1. The van der Waals surface area contributed by atoms with Crippen molar-refractivity contribution in [2.75, 3.05) is 7.11 Å². The molecule has 7 nitrogen and oxygen atoms in total. The van der Waals surface area contributed by atoms with Gasteiger partial charge in [-0.3, -0.25) is 14.6 Å². The van der Waals surface area contributed by atoms with Crippen LogP contribution < -0.4 is 5.32 Å². The Morgan fingerprint density at radius 2 is 1.81 bits per heavy atom. The van der Waals surface area contributed by atoms with Crippen LogP contribution in [0.4, 0.5) is 0 Å². The van der Waals surface area contributed by atoms with Crippen LogP contribution in [0.3, 0.4) is 0 Å². The normalized spacial score (nSPS) is 12.8. The number of carbonyl (C=O) groups excluding carboxylic acids is 2. The summed E-state index contributed by atoms with van der Waals surface area (Å²) in [5.41, 5.74) is 1.18. The van der Waals surface area contributed by atoms with E-state index in [4.69, 9.17) is 4.74 Å². The second kappa shape index (κ2) is 7.82. The molecule has 2 aromatic heterocycles.